The van der Waals surface area contributed by atoms with Crippen LogP contribution in [0.2, 0.25) is 0 Å². The molecule has 0 amide bonds. The Morgan fingerprint density at radius 1 is 0.920 bits per heavy atom. The maximum absolute atomic E-state index is 10.5. The molecular weight excluding hydrogens is 312 g/mol. The molecule has 0 radical (unpaired) electrons. The van der Waals surface area contributed by atoms with Gasteiger partial charge in [-0.15, -0.1) is 0 Å². The van der Waals surface area contributed by atoms with E-state index in [9.17, 15) is 4.79 Å². The number of anilines is 1. The molecule has 1 aliphatic carbocycles. The first-order chi connectivity index (χ1) is 12.2. The van der Waals surface area contributed by atoms with Crippen molar-refractivity contribution in [3.8, 4) is 0 Å². The first kappa shape index (κ1) is 18.2. The predicted octanol–water partition coefficient (Wildman–Crippen LogP) is 3.72. The molecule has 1 saturated heterocycles. The van der Waals surface area contributed by atoms with E-state index in [1.165, 1.54) is 37.8 Å². The summed E-state index contributed by atoms with van der Waals surface area (Å²) in [6.07, 6.45) is 9.82. The van der Waals surface area contributed by atoms with Crippen molar-refractivity contribution in [2.24, 2.45) is 0 Å². The van der Waals surface area contributed by atoms with Gasteiger partial charge < -0.3 is 10.0 Å². The molecule has 0 unspecified atom stereocenters. The van der Waals surface area contributed by atoms with Crippen LogP contribution in [0.15, 0.2) is 18.2 Å². The minimum Gasteiger partial charge on any atom is -0.481 e. The molecule has 1 N–H and O–H groups in total. The van der Waals surface area contributed by atoms with Crippen molar-refractivity contribution >= 4 is 11.7 Å². The molecule has 0 bridgehead atoms. The second kappa shape index (κ2) is 9.23. The third-order valence-corrected chi connectivity index (χ3v) is 5.68. The molecule has 1 aromatic carbocycles. The third-order valence-electron chi connectivity index (χ3n) is 5.68. The summed E-state index contributed by atoms with van der Waals surface area (Å²) < 4.78 is 0. The Morgan fingerprint density at radius 3 is 2.44 bits per heavy atom. The number of rotatable bonds is 7. The third kappa shape index (κ3) is 5.46. The van der Waals surface area contributed by atoms with Gasteiger partial charge in [-0.05, 0) is 68.3 Å². The summed E-state index contributed by atoms with van der Waals surface area (Å²) in [6, 6.07) is 7.14. The van der Waals surface area contributed by atoms with E-state index in [1.54, 1.807) is 11.1 Å². The summed E-state index contributed by atoms with van der Waals surface area (Å²) in [4.78, 5) is 15.6. The number of aryl methyl sites for hydroxylation is 2. The lowest BCUT2D eigenvalue weighted by Gasteiger charge is -2.36. The van der Waals surface area contributed by atoms with Gasteiger partial charge in [-0.3, -0.25) is 9.69 Å². The van der Waals surface area contributed by atoms with Gasteiger partial charge in [0.2, 0.25) is 0 Å². The molecule has 4 nitrogen and oxygen atoms in total. The number of hydrogen-bond donors (Lipinski definition) is 1. The maximum Gasteiger partial charge on any atom is 0.303 e. The van der Waals surface area contributed by atoms with Crippen molar-refractivity contribution in [2.45, 2.75) is 57.8 Å². The number of nitrogens with zero attached hydrogens (tertiary/aromatic N) is 2. The molecule has 0 atom stereocenters. The van der Waals surface area contributed by atoms with Crippen LogP contribution in [0.5, 0.6) is 0 Å². The summed E-state index contributed by atoms with van der Waals surface area (Å²) >= 11 is 0. The lowest BCUT2D eigenvalue weighted by atomic mass is 10.0. The van der Waals surface area contributed by atoms with Gasteiger partial charge in [0.15, 0.2) is 0 Å². The number of fused-ring (bicyclic) bond motifs is 1. The molecule has 0 aromatic heterocycles. The first-order valence-electron chi connectivity index (χ1n) is 10.0. The van der Waals surface area contributed by atoms with E-state index >= 15 is 0 Å². The average Bonchev–Trinajstić information content (AvgIpc) is 2.86. The van der Waals surface area contributed by atoms with Crippen LogP contribution in [0.1, 0.15) is 56.1 Å². The van der Waals surface area contributed by atoms with Gasteiger partial charge in [0, 0.05) is 38.3 Å². The second-order valence-electron chi connectivity index (χ2n) is 7.55. The topological polar surface area (TPSA) is 43.8 Å². The monoisotopic (exact) mass is 344 g/mol. The molecular formula is C21H32N2O2. The Hall–Kier alpha value is -1.55. The van der Waals surface area contributed by atoms with Crippen molar-refractivity contribution in [1.82, 2.24) is 4.90 Å². The Kier molecular flexibility index (Phi) is 6.74. The highest BCUT2D eigenvalue weighted by Gasteiger charge is 2.18. The number of carboxylic acid groups (broad SMARTS) is 1. The highest BCUT2D eigenvalue weighted by atomic mass is 16.4. The standard InChI is InChI=1S/C21H32N2O2/c24-21(25)9-5-2-6-12-22-13-15-23(16-14-22)20-11-10-18-7-3-1-4-8-19(18)17-20/h10-11,17H,1-9,12-16H2,(H,24,25). The molecule has 0 spiro atoms. The summed E-state index contributed by atoms with van der Waals surface area (Å²) in [5.74, 6) is -0.672. The highest BCUT2D eigenvalue weighted by Crippen LogP contribution is 2.26. The van der Waals surface area contributed by atoms with E-state index < -0.39 is 5.97 Å². The molecule has 2 aliphatic rings. The maximum atomic E-state index is 10.5. The summed E-state index contributed by atoms with van der Waals surface area (Å²) in [7, 11) is 0. The zero-order valence-corrected chi connectivity index (χ0v) is 15.4. The van der Waals surface area contributed by atoms with E-state index in [0.29, 0.717) is 6.42 Å². The van der Waals surface area contributed by atoms with Gasteiger partial charge in [-0.25, -0.2) is 0 Å². The van der Waals surface area contributed by atoms with Crippen molar-refractivity contribution in [3.05, 3.63) is 29.3 Å². The van der Waals surface area contributed by atoms with Crippen LogP contribution < -0.4 is 4.90 Å². The predicted molar refractivity (Wildman–Crippen MR) is 102 cm³/mol. The molecule has 25 heavy (non-hydrogen) atoms. The van der Waals surface area contributed by atoms with Crippen LogP contribution in [0.4, 0.5) is 5.69 Å². The Balaban J connectivity index is 1.43. The van der Waals surface area contributed by atoms with Crippen LogP contribution in [-0.2, 0) is 17.6 Å². The molecule has 3 rings (SSSR count). The largest absolute Gasteiger partial charge is 0.481 e. The van der Waals surface area contributed by atoms with Crippen molar-refractivity contribution < 1.29 is 9.90 Å². The van der Waals surface area contributed by atoms with Crippen LogP contribution in [0.3, 0.4) is 0 Å². The normalized spacial score (nSPS) is 18.6. The Labute approximate surface area is 151 Å². The number of piperazine rings is 1. The van der Waals surface area contributed by atoms with E-state index in [1.807, 2.05) is 0 Å². The van der Waals surface area contributed by atoms with Gasteiger partial charge in [-0.1, -0.05) is 18.9 Å². The van der Waals surface area contributed by atoms with Crippen LogP contribution in [0, 0.1) is 0 Å². The van der Waals surface area contributed by atoms with E-state index in [0.717, 1.165) is 52.0 Å². The van der Waals surface area contributed by atoms with Gasteiger partial charge >= 0.3 is 5.97 Å². The Bertz CT molecular complexity index is 565. The number of hydrogen-bond acceptors (Lipinski definition) is 3. The number of carboxylic acids is 1. The fourth-order valence-corrected chi connectivity index (χ4v) is 4.11. The summed E-state index contributed by atoms with van der Waals surface area (Å²) in [6.45, 7) is 5.56. The van der Waals surface area contributed by atoms with Crippen molar-refractivity contribution in [2.75, 3.05) is 37.6 Å². The van der Waals surface area contributed by atoms with Crippen LogP contribution in [0.25, 0.3) is 0 Å². The molecule has 4 heteroatoms. The number of aliphatic carboxylic acids is 1. The Morgan fingerprint density at radius 2 is 1.68 bits per heavy atom. The molecule has 1 fully saturated rings. The lowest BCUT2D eigenvalue weighted by Crippen LogP contribution is -2.46. The minimum atomic E-state index is -0.672. The molecule has 1 aliphatic heterocycles. The zero-order chi connectivity index (χ0) is 17.5. The van der Waals surface area contributed by atoms with Crippen LogP contribution >= 0.6 is 0 Å². The van der Waals surface area contributed by atoms with Crippen molar-refractivity contribution in [1.29, 1.82) is 0 Å². The zero-order valence-electron chi connectivity index (χ0n) is 15.4. The van der Waals surface area contributed by atoms with Gasteiger partial charge in [0.1, 0.15) is 0 Å². The van der Waals surface area contributed by atoms with Crippen LogP contribution in [-0.4, -0.2) is 48.7 Å². The minimum absolute atomic E-state index is 0.312. The highest BCUT2D eigenvalue weighted by molar-refractivity contribution is 5.66. The quantitative estimate of drug-likeness (QED) is 0.605. The molecule has 138 valence electrons. The smallest absolute Gasteiger partial charge is 0.303 e. The fourth-order valence-electron chi connectivity index (χ4n) is 4.11. The SMILES string of the molecule is O=C(O)CCCCCN1CCN(c2ccc3c(c2)CCCCC3)CC1. The van der Waals surface area contributed by atoms with E-state index in [-0.39, 0.29) is 0 Å². The number of carbonyl (C=O) groups is 1. The van der Waals surface area contributed by atoms with Gasteiger partial charge in [-0.2, -0.15) is 0 Å². The summed E-state index contributed by atoms with van der Waals surface area (Å²) in [5.41, 5.74) is 4.55. The number of benzene rings is 1. The molecule has 0 saturated carbocycles. The first-order valence-corrected chi connectivity index (χ1v) is 10.0. The fraction of sp³-hybridized carbons (Fsp3) is 0.667. The molecule has 1 aromatic rings. The summed E-state index contributed by atoms with van der Waals surface area (Å²) in [5, 5.41) is 8.67. The molecule has 1 heterocycles. The van der Waals surface area contributed by atoms with Gasteiger partial charge in [0.25, 0.3) is 0 Å². The van der Waals surface area contributed by atoms with Crippen molar-refractivity contribution in [3.63, 3.8) is 0 Å². The lowest BCUT2D eigenvalue weighted by molar-refractivity contribution is -0.137. The second-order valence-corrected chi connectivity index (χ2v) is 7.55. The number of unbranched alkanes of at least 4 members (excludes halogenated alkanes) is 2. The average molecular weight is 344 g/mol. The van der Waals surface area contributed by atoms with E-state index in [2.05, 4.69) is 28.0 Å². The van der Waals surface area contributed by atoms with E-state index in [4.69, 9.17) is 5.11 Å². The van der Waals surface area contributed by atoms with Gasteiger partial charge in [0.05, 0.1) is 0 Å².